The first-order valence-corrected chi connectivity index (χ1v) is 9.39. The number of Topliss-reactive ketones (excluding diaryl/α,β-unsaturated/α-hetero) is 1. The Morgan fingerprint density at radius 3 is 2.70 bits per heavy atom. The molecule has 4 heterocycles. The Kier molecular flexibility index (Phi) is 3.50. The summed E-state index contributed by atoms with van der Waals surface area (Å²) in [6.07, 6.45) is 3.06. The summed E-state index contributed by atoms with van der Waals surface area (Å²) < 4.78 is 7.70. The third-order valence-electron chi connectivity index (χ3n) is 5.94. The molecule has 0 unspecified atom stereocenters. The predicted molar refractivity (Wildman–Crippen MR) is 98.2 cm³/mol. The number of nitrogens with zero attached hydrogens (tertiary/aromatic N) is 2. The number of pyridine rings is 1. The third kappa shape index (κ3) is 2.36. The van der Waals surface area contributed by atoms with Gasteiger partial charge in [-0.25, -0.2) is 0 Å². The summed E-state index contributed by atoms with van der Waals surface area (Å²) in [5.74, 6) is -0.193. The van der Waals surface area contributed by atoms with Crippen molar-refractivity contribution in [3.63, 3.8) is 0 Å². The van der Waals surface area contributed by atoms with Gasteiger partial charge in [-0.15, -0.1) is 0 Å². The molecule has 3 aliphatic rings. The van der Waals surface area contributed by atoms with E-state index in [-0.39, 0.29) is 29.7 Å². The quantitative estimate of drug-likeness (QED) is 0.838. The van der Waals surface area contributed by atoms with Crippen LogP contribution in [0.25, 0.3) is 0 Å². The van der Waals surface area contributed by atoms with Crippen molar-refractivity contribution in [2.75, 3.05) is 13.1 Å². The van der Waals surface area contributed by atoms with Gasteiger partial charge in [-0.1, -0.05) is 30.3 Å². The number of rotatable bonds is 3. The van der Waals surface area contributed by atoms with Crippen LogP contribution in [0.5, 0.6) is 5.75 Å². The highest BCUT2D eigenvalue weighted by Crippen LogP contribution is 2.44. The van der Waals surface area contributed by atoms with Crippen LogP contribution in [0.1, 0.15) is 52.2 Å². The molecule has 1 fully saturated rings. The van der Waals surface area contributed by atoms with Crippen molar-refractivity contribution in [3.8, 4) is 5.75 Å². The lowest BCUT2D eigenvalue weighted by atomic mass is 9.89. The maximum atomic E-state index is 13.2. The SMILES string of the molecule is O=C1C[C@@]23CCCCN(C2)C(=O)c2c(OCc4ccccc4)c(=O)cc1n23. The molecule has 0 N–H and O–H groups in total. The Labute approximate surface area is 156 Å². The van der Waals surface area contributed by atoms with Crippen molar-refractivity contribution in [1.82, 2.24) is 9.47 Å². The summed E-state index contributed by atoms with van der Waals surface area (Å²) in [6, 6.07) is 10.9. The molecule has 2 aromatic rings. The van der Waals surface area contributed by atoms with E-state index in [4.69, 9.17) is 4.74 Å². The Balaban J connectivity index is 1.67. The van der Waals surface area contributed by atoms with Crippen molar-refractivity contribution in [1.29, 1.82) is 0 Å². The van der Waals surface area contributed by atoms with Crippen LogP contribution in [0.3, 0.4) is 0 Å². The molecule has 0 saturated carbocycles. The number of ether oxygens (including phenoxy) is 1. The Morgan fingerprint density at radius 2 is 1.89 bits per heavy atom. The second kappa shape index (κ2) is 5.81. The Morgan fingerprint density at radius 1 is 1.07 bits per heavy atom. The second-order valence-corrected chi connectivity index (χ2v) is 7.69. The smallest absolute Gasteiger partial charge is 0.274 e. The van der Waals surface area contributed by atoms with Gasteiger partial charge >= 0.3 is 0 Å². The van der Waals surface area contributed by atoms with E-state index in [9.17, 15) is 14.4 Å². The van der Waals surface area contributed by atoms with Crippen LogP contribution in [-0.4, -0.2) is 34.2 Å². The van der Waals surface area contributed by atoms with Crippen LogP contribution < -0.4 is 10.2 Å². The highest BCUT2D eigenvalue weighted by Gasteiger charge is 2.52. The fourth-order valence-electron chi connectivity index (χ4n) is 4.74. The second-order valence-electron chi connectivity index (χ2n) is 7.69. The summed E-state index contributed by atoms with van der Waals surface area (Å²) in [6.45, 7) is 1.40. The zero-order valence-electron chi connectivity index (χ0n) is 14.9. The van der Waals surface area contributed by atoms with Crippen LogP contribution in [-0.2, 0) is 12.1 Å². The summed E-state index contributed by atoms with van der Waals surface area (Å²) >= 11 is 0. The van der Waals surface area contributed by atoms with Gasteiger partial charge in [0.1, 0.15) is 6.61 Å². The average molecular weight is 364 g/mol. The number of amides is 1. The first kappa shape index (κ1) is 16.3. The number of carbonyl (C=O) groups excluding carboxylic acids is 2. The Hall–Kier alpha value is -2.89. The molecule has 6 heteroatoms. The molecule has 2 bridgehead atoms. The fourth-order valence-corrected chi connectivity index (χ4v) is 4.74. The van der Waals surface area contributed by atoms with Crippen molar-refractivity contribution < 1.29 is 14.3 Å². The summed E-state index contributed by atoms with van der Waals surface area (Å²) in [5, 5.41) is 0. The lowest BCUT2D eigenvalue weighted by molar-refractivity contribution is 0.0574. The number of hydrogen-bond donors (Lipinski definition) is 0. The molecule has 0 aliphatic carbocycles. The van der Waals surface area contributed by atoms with Crippen LogP contribution in [0.2, 0.25) is 0 Å². The van der Waals surface area contributed by atoms with Crippen molar-refractivity contribution in [2.24, 2.45) is 0 Å². The van der Waals surface area contributed by atoms with Crippen molar-refractivity contribution >= 4 is 11.7 Å². The minimum absolute atomic E-state index is 0.0560. The number of fused-ring (bicyclic) bond motifs is 1. The molecular formula is C21H20N2O4. The summed E-state index contributed by atoms with van der Waals surface area (Å²) in [5.41, 5.74) is 0.710. The van der Waals surface area contributed by atoms with Gasteiger partial charge in [0.05, 0.1) is 11.2 Å². The minimum Gasteiger partial charge on any atom is -0.483 e. The van der Waals surface area contributed by atoms with E-state index >= 15 is 0 Å². The fraction of sp³-hybridized carbons (Fsp3) is 0.381. The summed E-state index contributed by atoms with van der Waals surface area (Å²) in [7, 11) is 0. The van der Waals surface area contributed by atoms with Crippen LogP contribution in [0, 0.1) is 0 Å². The normalized spacial score (nSPS) is 23.2. The van der Waals surface area contributed by atoms with E-state index in [1.54, 1.807) is 4.90 Å². The van der Waals surface area contributed by atoms with E-state index in [2.05, 4.69) is 0 Å². The molecule has 0 radical (unpaired) electrons. The van der Waals surface area contributed by atoms with Gasteiger partial charge in [-0.3, -0.25) is 14.4 Å². The largest absolute Gasteiger partial charge is 0.483 e. The molecule has 1 aromatic heterocycles. The molecule has 3 aliphatic heterocycles. The standard InChI is InChI=1S/C21H20N2O4/c24-16-10-15-17(25)11-21-8-4-5-9-22(13-21)20(26)18(23(15)21)19(16)27-12-14-6-2-1-3-7-14/h1-3,6-7,10H,4-5,8-9,11-13H2/t21-/m0/s1. The van der Waals surface area contributed by atoms with E-state index in [1.807, 2.05) is 34.9 Å². The van der Waals surface area contributed by atoms with Gasteiger partial charge in [0.25, 0.3) is 5.91 Å². The van der Waals surface area contributed by atoms with E-state index < -0.39 is 11.0 Å². The predicted octanol–water partition coefficient (Wildman–Crippen LogP) is 2.35. The lowest BCUT2D eigenvalue weighted by Gasteiger charge is -2.41. The molecule has 1 spiro atoms. The van der Waals surface area contributed by atoms with Crippen molar-refractivity contribution in [3.05, 3.63) is 63.6 Å². The van der Waals surface area contributed by atoms with Gasteiger partial charge in [0, 0.05) is 25.6 Å². The van der Waals surface area contributed by atoms with Crippen molar-refractivity contribution in [2.45, 2.75) is 37.8 Å². The first-order valence-electron chi connectivity index (χ1n) is 9.39. The molecular weight excluding hydrogens is 344 g/mol. The number of aromatic nitrogens is 1. The molecule has 27 heavy (non-hydrogen) atoms. The molecule has 1 aromatic carbocycles. The van der Waals surface area contributed by atoms with Gasteiger partial charge in [-0.05, 0) is 24.8 Å². The summed E-state index contributed by atoms with van der Waals surface area (Å²) in [4.78, 5) is 40.3. The topological polar surface area (TPSA) is 68.6 Å². The maximum absolute atomic E-state index is 13.2. The number of benzene rings is 1. The highest BCUT2D eigenvalue weighted by molar-refractivity contribution is 6.03. The number of carbonyl (C=O) groups is 2. The number of hydrogen-bond acceptors (Lipinski definition) is 4. The van der Waals surface area contributed by atoms with E-state index in [1.165, 1.54) is 6.07 Å². The third-order valence-corrected chi connectivity index (χ3v) is 5.94. The maximum Gasteiger partial charge on any atom is 0.274 e. The molecule has 1 saturated heterocycles. The highest BCUT2D eigenvalue weighted by atomic mass is 16.5. The monoisotopic (exact) mass is 364 g/mol. The van der Waals surface area contributed by atoms with E-state index in [0.29, 0.717) is 25.2 Å². The zero-order valence-corrected chi connectivity index (χ0v) is 14.9. The molecule has 1 atom stereocenters. The van der Waals surface area contributed by atoms with Gasteiger partial charge < -0.3 is 14.2 Å². The van der Waals surface area contributed by atoms with Crippen LogP contribution in [0.4, 0.5) is 0 Å². The zero-order chi connectivity index (χ0) is 18.6. The molecule has 6 nitrogen and oxygen atoms in total. The van der Waals surface area contributed by atoms with E-state index in [0.717, 1.165) is 24.8 Å². The van der Waals surface area contributed by atoms with Gasteiger partial charge in [0.15, 0.2) is 17.2 Å². The lowest BCUT2D eigenvalue weighted by Crippen LogP contribution is -2.52. The molecule has 1 amide bonds. The molecule has 5 rings (SSSR count). The first-order chi connectivity index (χ1) is 13.1. The average Bonchev–Trinajstić information content (AvgIpc) is 2.82. The molecule has 138 valence electrons. The van der Waals surface area contributed by atoms with Gasteiger partial charge in [0.2, 0.25) is 5.43 Å². The Bertz CT molecular complexity index is 1010. The minimum atomic E-state index is -0.426. The number of ketones is 1. The van der Waals surface area contributed by atoms with Gasteiger partial charge in [-0.2, -0.15) is 0 Å². The van der Waals surface area contributed by atoms with Crippen LogP contribution >= 0.6 is 0 Å². The van der Waals surface area contributed by atoms with Crippen LogP contribution in [0.15, 0.2) is 41.2 Å².